The summed E-state index contributed by atoms with van der Waals surface area (Å²) in [6.45, 7) is 7.11. The third-order valence-corrected chi connectivity index (χ3v) is 3.09. The van der Waals surface area contributed by atoms with Gasteiger partial charge in [-0.05, 0) is 46.2 Å². The van der Waals surface area contributed by atoms with Crippen LogP contribution in [0.4, 0.5) is 0 Å². The van der Waals surface area contributed by atoms with Gasteiger partial charge in [-0.25, -0.2) is 0 Å². The van der Waals surface area contributed by atoms with Gasteiger partial charge in [0, 0.05) is 19.7 Å². The van der Waals surface area contributed by atoms with E-state index in [1.165, 1.54) is 6.42 Å². The summed E-state index contributed by atoms with van der Waals surface area (Å²) in [4.78, 5) is 14.0. The summed E-state index contributed by atoms with van der Waals surface area (Å²) in [7, 11) is 1.96. The van der Waals surface area contributed by atoms with Gasteiger partial charge in [0.1, 0.15) is 6.10 Å². The van der Waals surface area contributed by atoms with Gasteiger partial charge >= 0.3 is 0 Å². The molecule has 1 saturated heterocycles. The predicted octanol–water partition coefficient (Wildman–Crippen LogP) is 0.869. The van der Waals surface area contributed by atoms with Crippen LogP contribution in [-0.4, -0.2) is 50.2 Å². The molecule has 1 N–H and O–H groups in total. The van der Waals surface area contributed by atoms with Gasteiger partial charge in [-0.15, -0.1) is 0 Å². The first kappa shape index (κ1) is 13.5. The van der Waals surface area contributed by atoms with Crippen LogP contribution in [0.3, 0.4) is 0 Å². The molecule has 16 heavy (non-hydrogen) atoms. The average molecular weight is 228 g/mol. The van der Waals surface area contributed by atoms with Crippen molar-refractivity contribution in [3.05, 3.63) is 0 Å². The zero-order valence-corrected chi connectivity index (χ0v) is 10.7. The molecule has 1 heterocycles. The first-order valence-corrected chi connectivity index (χ1v) is 6.24. The molecule has 4 nitrogen and oxygen atoms in total. The third kappa shape index (κ3) is 3.76. The topological polar surface area (TPSA) is 41.6 Å². The molecule has 1 fully saturated rings. The van der Waals surface area contributed by atoms with E-state index in [9.17, 15) is 4.79 Å². The van der Waals surface area contributed by atoms with Crippen molar-refractivity contribution in [2.24, 2.45) is 5.92 Å². The molecule has 1 aliphatic heterocycles. The third-order valence-electron chi connectivity index (χ3n) is 3.09. The Hall–Kier alpha value is -0.610. The van der Waals surface area contributed by atoms with Crippen molar-refractivity contribution in [1.82, 2.24) is 10.2 Å². The Kier molecular flexibility index (Phi) is 5.77. The lowest BCUT2D eigenvalue weighted by Gasteiger charge is -2.34. The molecule has 0 radical (unpaired) electrons. The molecule has 0 saturated carbocycles. The van der Waals surface area contributed by atoms with Crippen molar-refractivity contribution in [2.45, 2.75) is 32.8 Å². The van der Waals surface area contributed by atoms with Gasteiger partial charge in [0.2, 0.25) is 0 Å². The SMILES string of the molecule is CCOC(C)C(=O)N1CCCC(CNC)C1. The molecule has 1 rings (SSSR count). The van der Waals surface area contributed by atoms with Crippen LogP contribution < -0.4 is 5.32 Å². The number of carbonyl (C=O) groups excluding carboxylic acids is 1. The van der Waals surface area contributed by atoms with Crippen molar-refractivity contribution in [3.63, 3.8) is 0 Å². The minimum Gasteiger partial charge on any atom is -0.369 e. The Morgan fingerprint density at radius 3 is 3.00 bits per heavy atom. The van der Waals surface area contributed by atoms with Gasteiger partial charge in [-0.1, -0.05) is 0 Å². The molecular formula is C12H24N2O2. The minimum absolute atomic E-state index is 0.141. The van der Waals surface area contributed by atoms with E-state index in [4.69, 9.17) is 4.74 Å². The van der Waals surface area contributed by atoms with E-state index < -0.39 is 0 Å². The zero-order chi connectivity index (χ0) is 12.0. The number of rotatable bonds is 5. The molecule has 0 bridgehead atoms. The monoisotopic (exact) mass is 228 g/mol. The lowest BCUT2D eigenvalue weighted by atomic mass is 9.97. The second-order valence-corrected chi connectivity index (χ2v) is 4.45. The maximum atomic E-state index is 12.0. The molecule has 94 valence electrons. The number of hydrogen-bond acceptors (Lipinski definition) is 3. The molecule has 2 unspecified atom stereocenters. The summed E-state index contributed by atoms with van der Waals surface area (Å²) >= 11 is 0. The lowest BCUT2D eigenvalue weighted by molar-refractivity contribution is -0.144. The smallest absolute Gasteiger partial charge is 0.251 e. The Balaban J connectivity index is 2.43. The molecule has 0 aromatic heterocycles. The number of nitrogens with zero attached hydrogens (tertiary/aromatic N) is 1. The van der Waals surface area contributed by atoms with Crippen LogP contribution in [0.5, 0.6) is 0 Å². The Morgan fingerprint density at radius 2 is 2.38 bits per heavy atom. The summed E-state index contributed by atoms with van der Waals surface area (Å²) in [5.74, 6) is 0.735. The lowest BCUT2D eigenvalue weighted by Crippen LogP contribution is -2.46. The fourth-order valence-electron chi connectivity index (χ4n) is 2.30. The molecule has 0 aromatic carbocycles. The fraction of sp³-hybridized carbons (Fsp3) is 0.917. The van der Waals surface area contributed by atoms with Gasteiger partial charge in [0.15, 0.2) is 0 Å². The maximum Gasteiger partial charge on any atom is 0.251 e. The fourth-order valence-corrected chi connectivity index (χ4v) is 2.30. The Labute approximate surface area is 98.3 Å². The molecule has 0 spiro atoms. The molecule has 2 atom stereocenters. The van der Waals surface area contributed by atoms with Gasteiger partial charge < -0.3 is 15.0 Å². The molecule has 1 aliphatic rings. The Morgan fingerprint density at radius 1 is 1.62 bits per heavy atom. The highest BCUT2D eigenvalue weighted by molar-refractivity contribution is 5.80. The summed E-state index contributed by atoms with van der Waals surface area (Å²) in [5, 5.41) is 3.18. The van der Waals surface area contributed by atoms with Crippen LogP contribution in [0, 0.1) is 5.92 Å². The van der Waals surface area contributed by atoms with Gasteiger partial charge in [0.05, 0.1) is 0 Å². The summed E-state index contributed by atoms with van der Waals surface area (Å²) in [6.07, 6.45) is 2.03. The van der Waals surface area contributed by atoms with E-state index in [-0.39, 0.29) is 12.0 Å². The first-order valence-electron chi connectivity index (χ1n) is 6.24. The first-order chi connectivity index (χ1) is 7.69. The molecule has 4 heteroatoms. The molecular weight excluding hydrogens is 204 g/mol. The van der Waals surface area contributed by atoms with Crippen molar-refractivity contribution in [1.29, 1.82) is 0 Å². The largest absolute Gasteiger partial charge is 0.369 e. The summed E-state index contributed by atoms with van der Waals surface area (Å²) in [5.41, 5.74) is 0. The van der Waals surface area contributed by atoms with Crippen LogP contribution in [0.1, 0.15) is 26.7 Å². The van der Waals surface area contributed by atoms with Crippen molar-refractivity contribution >= 4 is 5.91 Å². The average Bonchev–Trinajstić information content (AvgIpc) is 2.29. The number of amides is 1. The number of carbonyl (C=O) groups is 1. The number of hydrogen-bond donors (Lipinski definition) is 1. The van der Waals surface area contributed by atoms with E-state index in [1.54, 1.807) is 0 Å². The zero-order valence-electron chi connectivity index (χ0n) is 10.7. The van der Waals surface area contributed by atoms with E-state index in [2.05, 4.69) is 5.32 Å². The number of nitrogens with one attached hydrogen (secondary N) is 1. The number of ether oxygens (including phenoxy) is 1. The second kappa shape index (κ2) is 6.86. The molecule has 0 aliphatic carbocycles. The summed E-state index contributed by atoms with van der Waals surface area (Å²) < 4.78 is 5.35. The van der Waals surface area contributed by atoms with Crippen LogP contribution in [0.15, 0.2) is 0 Å². The van der Waals surface area contributed by atoms with E-state index >= 15 is 0 Å². The van der Waals surface area contributed by atoms with E-state index in [0.29, 0.717) is 12.5 Å². The quantitative estimate of drug-likeness (QED) is 0.759. The van der Waals surface area contributed by atoms with Gasteiger partial charge in [-0.2, -0.15) is 0 Å². The van der Waals surface area contributed by atoms with Gasteiger partial charge in [-0.3, -0.25) is 4.79 Å². The predicted molar refractivity (Wildman–Crippen MR) is 64.3 cm³/mol. The van der Waals surface area contributed by atoms with Crippen LogP contribution in [-0.2, 0) is 9.53 Å². The standard InChI is InChI=1S/C12H24N2O2/c1-4-16-10(2)12(15)14-7-5-6-11(9-14)8-13-3/h10-11,13H,4-9H2,1-3H3. The highest BCUT2D eigenvalue weighted by Gasteiger charge is 2.26. The highest BCUT2D eigenvalue weighted by atomic mass is 16.5. The van der Waals surface area contributed by atoms with Crippen LogP contribution in [0.25, 0.3) is 0 Å². The highest BCUT2D eigenvalue weighted by Crippen LogP contribution is 2.16. The molecule has 0 aromatic rings. The van der Waals surface area contributed by atoms with Crippen molar-refractivity contribution in [3.8, 4) is 0 Å². The van der Waals surface area contributed by atoms with Gasteiger partial charge in [0.25, 0.3) is 5.91 Å². The summed E-state index contributed by atoms with van der Waals surface area (Å²) in [6, 6.07) is 0. The van der Waals surface area contributed by atoms with Crippen LogP contribution in [0.2, 0.25) is 0 Å². The Bertz CT molecular complexity index is 219. The second-order valence-electron chi connectivity index (χ2n) is 4.45. The van der Waals surface area contributed by atoms with E-state index in [0.717, 1.165) is 26.1 Å². The van der Waals surface area contributed by atoms with Crippen molar-refractivity contribution < 1.29 is 9.53 Å². The maximum absolute atomic E-state index is 12.0. The minimum atomic E-state index is -0.293. The van der Waals surface area contributed by atoms with Crippen LogP contribution >= 0.6 is 0 Å². The molecule has 1 amide bonds. The normalized spacial score (nSPS) is 23.2. The number of piperidine rings is 1. The van der Waals surface area contributed by atoms with Crippen molar-refractivity contribution in [2.75, 3.05) is 33.3 Å². The van der Waals surface area contributed by atoms with E-state index in [1.807, 2.05) is 25.8 Å². The number of likely N-dealkylation sites (tertiary alicyclic amines) is 1.